The van der Waals surface area contributed by atoms with Crippen molar-refractivity contribution in [2.75, 3.05) is 19.8 Å². The van der Waals surface area contributed by atoms with Gasteiger partial charge in [0.2, 0.25) is 11.8 Å². The van der Waals surface area contributed by atoms with Gasteiger partial charge in [-0.1, -0.05) is 6.08 Å². The van der Waals surface area contributed by atoms with Gasteiger partial charge in [0, 0.05) is 0 Å². The first-order valence-electron chi connectivity index (χ1n) is 4.11. The van der Waals surface area contributed by atoms with E-state index in [9.17, 15) is 18.0 Å². The first-order valence-corrected chi connectivity index (χ1v) is 5.48. The zero-order valence-electron chi connectivity index (χ0n) is 9.35. The number of aliphatic hydroxyl groups is 2. The molecular weight excluding hydrogens is 272 g/mol. The lowest BCUT2D eigenvalue weighted by atomic mass is 10.7. The lowest BCUT2D eigenvalue weighted by Gasteiger charge is -1.90. The van der Waals surface area contributed by atoms with Crippen LogP contribution in [0.3, 0.4) is 0 Å². The van der Waals surface area contributed by atoms with Gasteiger partial charge < -0.3 is 21.7 Å². The number of primary amides is 2. The second kappa shape index (κ2) is 13.5. The average molecular weight is 288 g/mol. The van der Waals surface area contributed by atoms with Crippen LogP contribution in [0.1, 0.15) is 0 Å². The summed E-state index contributed by atoms with van der Waals surface area (Å²) in [5, 5.41) is 15.3. The standard InChI is InChI=1S/C3H6O4S.2C2H5NO2/c1-2-3-7-8(4,5)6;2*3-2(5)1-4/h2H,1,3H2,(H,4,5,6);2*4H,1H2,(H2,3,5). The van der Waals surface area contributed by atoms with Gasteiger partial charge in [0.1, 0.15) is 13.2 Å². The van der Waals surface area contributed by atoms with Crippen LogP contribution < -0.4 is 11.5 Å². The summed E-state index contributed by atoms with van der Waals surface area (Å²) in [4.78, 5) is 18.7. The molecule has 7 N–H and O–H groups in total. The molecule has 0 saturated carbocycles. The zero-order chi connectivity index (χ0) is 15.2. The van der Waals surface area contributed by atoms with Crippen LogP contribution >= 0.6 is 0 Å². The van der Waals surface area contributed by atoms with E-state index in [-0.39, 0.29) is 6.61 Å². The molecule has 0 spiro atoms. The summed E-state index contributed by atoms with van der Waals surface area (Å²) in [6.07, 6.45) is 1.22. The highest BCUT2D eigenvalue weighted by Gasteiger charge is 1.99. The van der Waals surface area contributed by atoms with Gasteiger partial charge in [-0.25, -0.2) is 4.18 Å². The second-order valence-corrected chi connectivity index (χ2v) is 3.34. The van der Waals surface area contributed by atoms with Crippen molar-refractivity contribution < 1.29 is 37.0 Å². The van der Waals surface area contributed by atoms with E-state index in [1.165, 1.54) is 6.08 Å². The predicted molar refractivity (Wildman–Crippen MR) is 60.3 cm³/mol. The van der Waals surface area contributed by atoms with E-state index in [0.717, 1.165) is 0 Å². The molecule has 0 aliphatic heterocycles. The molecule has 0 aliphatic rings. The average Bonchev–Trinajstić information content (AvgIpc) is 2.26. The van der Waals surface area contributed by atoms with Crippen LogP contribution in [0.5, 0.6) is 0 Å². The number of hydrogen-bond acceptors (Lipinski definition) is 7. The van der Waals surface area contributed by atoms with E-state index in [1.54, 1.807) is 0 Å². The summed E-state index contributed by atoms with van der Waals surface area (Å²) in [5.74, 6) is -1.38. The Bertz CT molecular complexity index is 325. The van der Waals surface area contributed by atoms with Gasteiger partial charge in [0.05, 0.1) is 6.61 Å². The molecular formula is C7H16N2O8S. The molecule has 0 saturated heterocycles. The monoisotopic (exact) mass is 288 g/mol. The number of amides is 2. The van der Waals surface area contributed by atoms with Crippen LogP contribution in [0.2, 0.25) is 0 Å². The fourth-order valence-corrected chi connectivity index (χ4v) is 0.402. The third-order valence-electron chi connectivity index (χ3n) is 0.646. The van der Waals surface area contributed by atoms with Crippen LogP contribution in [0, 0.1) is 0 Å². The summed E-state index contributed by atoms with van der Waals surface area (Å²) in [7, 11) is -4.26. The van der Waals surface area contributed by atoms with Gasteiger partial charge in [-0.15, -0.1) is 6.58 Å². The molecule has 0 rings (SSSR count). The molecule has 0 heterocycles. The lowest BCUT2D eigenvalue weighted by Crippen LogP contribution is -2.14. The number of nitrogens with two attached hydrogens (primary N) is 2. The second-order valence-electron chi connectivity index (χ2n) is 2.25. The molecule has 18 heavy (non-hydrogen) atoms. The Kier molecular flexibility index (Phi) is 16.3. The maximum absolute atomic E-state index is 9.68. The van der Waals surface area contributed by atoms with Crippen LogP contribution in [-0.2, 0) is 24.2 Å². The van der Waals surface area contributed by atoms with Gasteiger partial charge in [0.15, 0.2) is 0 Å². The van der Waals surface area contributed by atoms with Crippen LogP contribution in [-0.4, -0.2) is 54.8 Å². The van der Waals surface area contributed by atoms with Crippen molar-refractivity contribution in [3.8, 4) is 0 Å². The highest BCUT2D eigenvalue weighted by atomic mass is 32.3. The van der Waals surface area contributed by atoms with Gasteiger partial charge >= 0.3 is 10.4 Å². The molecule has 0 unspecified atom stereocenters. The van der Waals surface area contributed by atoms with Crippen molar-refractivity contribution >= 4 is 22.2 Å². The van der Waals surface area contributed by atoms with E-state index in [1.807, 2.05) is 0 Å². The third kappa shape index (κ3) is 47.1. The van der Waals surface area contributed by atoms with Gasteiger partial charge in [-0.05, 0) is 0 Å². The minimum absolute atomic E-state index is 0.196. The zero-order valence-corrected chi connectivity index (χ0v) is 10.2. The van der Waals surface area contributed by atoms with Crippen LogP contribution in [0.25, 0.3) is 0 Å². The summed E-state index contributed by atoms with van der Waals surface area (Å²) >= 11 is 0. The molecule has 0 aromatic heterocycles. The summed E-state index contributed by atoms with van der Waals surface area (Å²) in [5.41, 5.74) is 8.81. The summed E-state index contributed by atoms with van der Waals surface area (Å²) in [6, 6.07) is 0. The Morgan fingerprint density at radius 1 is 1.17 bits per heavy atom. The number of hydrogen-bond donors (Lipinski definition) is 5. The molecule has 2 amide bonds. The molecule has 0 bridgehead atoms. The summed E-state index contributed by atoms with van der Waals surface area (Å²) < 4.78 is 31.0. The largest absolute Gasteiger partial charge is 0.397 e. The number of rotatable bonds is 5. The molecule has 0 atom stereocenters. The third-order valence-corrected chi connectivity index (χ3v) is 1.08. The van der Waals surface area contributed by atoms with Crippen molar-refractivity contribution in [3.05, 3.63) is 12.7 Å². The molecule has 0 aromatic carbocycles. The maximum atomic E-state index is 9.68. The van der Waals surface area contributed by atoms with Crippen LogP contribution in [0.15, 0.2) is 12.7 Å². The van der Waals surface area contributed by atoms with E-state index < -0.39 is 35.4 Å². The highest BCUT2D eigenvalue weighted by molar-refractivity contribution is 7.80. The van der Waals surface area contributed by atoms with E-state index in [0.29, 0.717) is 0 Å². The first-order chi connectivity index (χ1) is 8.10. The van der Waals surface area contributed by atoms with Crippen molar-refractivity contribution in [2.24, 2.45) is 11.5 Å². The highest BCUT2D eigenvalue weighted by Crippen LogP contribution is 1.83. The quantitative estimate of drug-likeness (QED) is 0.260. The van der Waals surface area contributed by atoms with E-state index in [4.69, 9.17) is 14.8 Å². The Labute approximate surface area is 104 Å². The maximum Gasteiger partial charge on any atom is 0.397 e. The molecule has 0 fully saturated rings. The Balaban J connectivity index is -0.000000197. The van der Waals surface area contributed by atoms with Crippen molar-refractivity contribution in [1.29, 1.82) is 0 Å². The van der Waals surface area contributed by atoms with Crippen molar-refractivity contribution in [2.45, 2.75) is 0 Å². The van der Waals surface area contributed by atoms with Crippen molar-refractivity contribution in [1.82, 2.24) is 0 Å². The molecule has 10 nitrogen and oxygen atoms in total. The topological polar surface area (TPSA) is 190 Å². The number of aliphatic hydroxyl groups excluding tert-OH is 2. The van der Waals surface area contributed by atoms with E-state index in [2.05, 4.69) is 22.2 Å². The Hall–Kier alpha value is -1.53. The van der Waals surface area contributed by atoms with Gasteiger partial charge in [-0.3, -0.25) is 14.1 Å². The normalized spacial score (nSPS) is 9.06. The SMILES string of the molecule is C=CCOS(=O)(=O)O.NC(=O)CO.NC(=O)CO. The molecule has 0 aliphatic carbocycles. The summed E-state index contributed by atoms with van der Waals surface area (Å²) in [6.45, 7) is 1.86. The van der Waals surface area contributed by atoms with Gasteiger partial charge in [-0.2, -0.15) is 8.42 Å². The lowest BCUT2D eigenvalue weighted by molar-refractivity contribution is -0.121. The number of carbonyl (C=O) groups is 2. The molecule has 0 aromatic rings. The smallest absolute Gasteiger partial charge is 0.387 e. The first kappa shape index (κ1) is 21.7. The molecule has 11 heteroatoms. The Morgan fingerprint density at radius 3 is 1.50 bits per heavy atom. The van der Waals surface area contributed by atoms with Gasteiger partial charge in [0.25, 0.3) is 0 Å². The predicted octanol–water partition coefficient (Wildman–Crippen LogP) is -3.08. The van der Waals surface area contributed by atoms with Crippen LogP contribution in [0.4, 0.5) is 0 Å². The fourth-order valence-electron chi connectivity index (χ4n) is 0.134. The molecule has 0 radical (unpaired) electrons. The minimum atomic E-state index is -4.26. The van der Waals surface area contributed by atoms with E-state index >= 15 is 0 Å². The minimum Gasteiger partial charge on any atom is -0.387 e. The van der Waals surface area contributed by atoms with Crippen molar-refractivity contribution in [3.63, 3.8) is 0 Å². The molecule has 108 valence electrons. The Morgan fingerprint density at radius 2 is 1.44 bits per heavy atom. The fraction of sp³-hybridized carbons (Fsp3) is 0.429. The number of carbonyl (C=O) groups excluding carboxylic acids is 2.